The van der Waals surface area contributed by atoms with Crippen molar-refractivity contribution in [3.05, 3.63) is 65.7 Å². The summed E-state index contributed by atoms with van der Waals surface area (Å²) in [6, 6.07) is 17.1. The van der Waals surface area contributed by atoms with Crippen LogP contribution in [0.5, 0.6) is 5.75 Å². The summed E-state index contributed by atoms with van der Waals surface area (Å²) in [5.41, 5.74) is 1.78. The molecule has 2 amide bonds. The van der Waals surface area contributed by atoms with Gasteiger partial charge in [-0.2, -0.15) is 0 Å². The van der Waals surface area contributed by atoms with Gasteiger partial charge in [-0.25, -0.2) is 0 Å². The van der Waals surface area contributed by atoms with E-state index >= 15 is 0 Å². The maximum atomic E-state index is 12.7. The van der Waals surface area contributed by atoms with E-state index < -0.39 is 0 Å². The molecular weight excluding hydrogens is 340 g/mol. The van der Waals surface area contributed by atoms with Gasteiger partial charge in [0.1, 0.15) is 5.75 Å². The monoisotopic (exact) mass is 366 g/mol. The first-order valence-corrected chi connectivity index (χ1v) is 9.30. The van der Waals surface area contributed by atoms with E-state index in [0.29, 0.717) is 38.0 Å². The lowest BCUT2D eigenvalue weighted by atomic mass is 9.94. The van der Waals surface area contributed by atoms with Crippen molar-refractivity contribution in [3.8, 4) is 5.75 Å². The Labute approximate surface area is 160 Å². The second-order valence-electron chi connectivity index (χ2n) is 6.97. The first-order valence-electron chi connectivity index (χ1n) is 9.30. The van der Waals surface area contributed by atoms with Crippen molar-refractivity contribution in [2.24, 2.45) is 5.92 Å². The van der Waals surface area contributed by atoms with Crippen molar-refractivity contribution in [3.63, 3.8) is 0 Å². The number of carbonyl (C=O) groups excluding carboxylic acids is 2. The van der Waals surface area contributed by atoms with Crippen molar-refractivity contribution in [1.82, 2.24) is 9.80 Å². The van der Waals surface area contributed by atoms with Gasteiger partial charge in [0.05, 0.1) is 7.11 Å². The van der Waals surface area contributed by atoms with Crippen LogP contribution in [0.2, 0.25) is 0 Å². The van der Waals surface area contributed by atoms with Crippen molar-refractivity contribution < 1.29 is 14.3 Å². The predicted octanol–water partition coefficient (Wildman–Crippen LogP) is 3.21. The summed E-state index contributed by atoms with van der Waals surface area (Å²) in [6.45, 7) is 1.84. The van der Waals surface area contributed by atoms with Crippen LogP contribution in [0.3, 0.4) is 0 Å². The number of hydrogen-bond donors (Lipinski definition) is 0. The first-order chi connectivity index (χ1) is 13.1. The first kappa shape index (κ1) is 19.0. The molecule has 0 radical (unpaired) electrons. The number of amides is 2. The predicted molar refractivity (Wildman–Crippen MR) is 105 cm³/mol. The van der Waals surface area contributed by atoms with E-state index in [1.54, 1.807) is 36.3 Å². The lowest BCUT2D eigenvalue weighted by molar-refractivity contribution is -0.136. The number of methoxy groups -OCH3 is 1. The average Bonchev–Trinajstić information content (AvgIpc) is 2.73. The summed E-state index contributed by atoms with van der Waals surface area (Å²) in [6.07, 6.45) is 1.42. The molecule has 27 heavy (non-hydrogen) atoms. The average molecular weight is 366 g/mol. The standard InChI is InChI=1S/C22H26N2O3/c1-23(16-17-6-4-3-5-7-17)21(25)19-12-14-24(15-13-19)22(26)18-8-10-20(27-2)11-9-18/h3-11,19H,12-16H2,1-2H3. The minimum Gasteiger partial charge on any atom is -0.497 e. The number of nitrogens with zero attached hydrogens (tertiary/aromatic N) is 2. The van der Waals surface area contributed by atoms with Gasteiger partial charge in [0.15, 0.2) is 0 Å². The molecule has 5 heteroatoms. The van der Waals surface area contributed by atoms with Gasteiger partial charge in [-0.3, -0.25) is 9.59 Å². The molecule has 0 unspecified atom stereocenters. The molecule has 0 aliphatic carbocycles. The highest BCUT2D eigenvalue weighted by Gasteiger charge is 2.29. The zero-order chi connectivity index (χ0) is 19.2. The Hall–Kier alpha value is -2.82. The summed E-state index contributed by atoms with van der Waals surface area (Å²) < 4.78 is 5.13. The molecule has 1 fully saturated rings. The fraction of sp³-hybridized carbons (Fsp3) is 0.364. The quantitative estimate of drug-likeness (QED) is 0.816. The number of rotatable bonds is 5. The van der Waals surface area contributed by atoms with Crippen molar-refractivity contribution in [1.29, 1.82) is 0 Å². The molecule has 1 heterocycles. The molecule has 3 rings (SSSR count). The van der Waals surface area contributed by atoms with E-state index in [1.807, 2.05) is 42.3 Å². The van der Waals surface area contributed by atoms with Crippen LogP contribution in [0.15, 0.2) is 54.6 Å². The van der Waals surface area contributed by atoms with Gasteiger partial charge >= 0.3 is 0 Å². The molecule has 0 spiro atoms. The highest BCUT2D eigenvalue weighted by molar-refractivity contribution is 5.94. The Bertz CT molecular complexity index is 766. The van der Waals surface area contributed by atoms with E-state index in [1.165, 1.54) is 0 Å². The topological polar surface area (TPSA) is 49.9 Å². The second kappa shape index (κ2) is 8.71. The maximum absolute atomic E-state index is 12.7. The zero-order valence-corrected chi connectivity index (χ0v) is 15.9. The number of carbonyl (C=O) groups is 2. The molecule has 0 saturated carbocycles. The molecule has 1 aliphatic heterocycles. The number of piperidine rings is 1. The molecule has 142 valence electrons. The van der Waals surface area contributed by atoms with Gasteiger partial charge in [0, 0.05) is 38.2 Å². The minimum absolute atomic E-state index is 0.0150. The van der Waals surface area contributed by atoms with E-state index in [-0.39, 0.29) is 17.7 Å². The van der Waals surface area contributed by atoms with Crippen LogP contribution in [0.4, 0.5) is 0 Å². The molecule has 2 aromatic carbocycles. The largest absolute Gasteiger partial charge is 0.497 e. The second-order valence-corrected chi connectivity index (χ2v) is 6.97. The zero-order valence-electron chi connectivity index (χ0n) is 15.9. The lowest BCUT2D eigenvalue weighted by Gasteiger charge is -2.33. The molecule has 0 aromatic heterocycles. The molecule has 0 N–H and O–H groups in total. The van der Waals surface area contributed by atoms with E-state index in [2.05, 4.69) is 0 Å². The van der Waals surface area contributed by atoms with Crippen molar-refractivity contribution in [2.45, 2.75) is 19.4 Å². The molecule has 0 atom stereocenters. The molecule has 5 nitrogen and oxygen atoms in total. The number of likely N-dealkylation sites (tertiary alicyclic amines) is 1. The summed E-state index contributed by atoms with van der Waals surface area (Å²) in [5, 5.41) is 0. The Kier molecular flexibility index (Phi) is 6.12. The third-order valence-electron chi connectivity index (χ3n) is 5.11. The summed E-state index contributed by atoms with van der Waals surface area (Å²) in [5.74, 6) is 0.896. The normalized spacial score (nSPS) is 14.7. The third-order valence-corrected chi connectivity index (χ3v) is 5.11. The van der Waals surface area contributed by atoms with Crippen LogP contribution in [0.25, 0.3) is 0 Å². The van der Waals surface area contributed by atoms with Crippen LogP contribution in [-0.4, -0.2) is 48.9 Å². The maximum Gasteiger partial charge on any atom is 0.253 e. The summed E-state index contributed by atoms with van der Waals surface area (Å²) in [7, 11) is 3.46. The van der Waals surface area contributed by atoms with Crippen molar-refractivity contribution in [2.75, 3.05) is 27.2 Å². The smallest absolute Gasteiger partial charge is 0.253 e. The molecule has 0 bridgehead atoms. The minimum atomic E-state index is -0.0152. The van der Waals surface area contributed by atoms with Crippen molar-refractivity contribution >= 4 is 11.8 Å². The van der Waals surface area contributed by atoms with Gasteiger partial charge in [-0.1, -0.05) is 30.3 Å². The van der Waals surface area contributed by atoms with Gasteiger partial charge < -0.3 is 14.5 Å². The van der Waals surface area contributed by atoms with Gasteiger partial charge in [0.2, 0.25) is 5.91 Å². The number of ether oxygens (including phenoxy) is 1. The van der Waals surface area contributed by atoms with E-state index in [9.17, 15) is 9.59 Å². The van der Waals surface area contributed by atoms with E-state index in [0.717, 1.165) is 11.3 Å². The molecular formula is C22H26N2O3. The van der Waals surface area contributed by atoms with E-state index in [4.69, 9.17) is 4.74 Å². The van der Waals surface area contributed by atoms with Gasteiger partial charge in [-0.15, -0.1) is 0 Å². The van der Waals surface area contributed by atoms with Crippen LogP contribution in [-0.2, 0) is 11.3 Å². The lowest BCUT2D eigenvalue weighted by Crippen LogP contribution is -2.43. The third kappa shape index (κ3) is 4.67. The summed E-state index contributed by atoms with van der Waals surface area (Å²) in [4.78, 5) is 29.0. The SMILES string of the molecule is COc1ccc(C(=O)N2CCC(C(=O)N(C)Cc3ccccc3)CC2)cc1. The number of benzene rings is 2. The van der Waals surface area contributed by atoms with Crippen LogP contribution < -0.4 is 4.74 Å². The van der Waals surface area contributed by atoms with Crippen LogP contribution >= 0.6 is 0 Å². The Morgan fingerprint density at radius 2 is 1.67 bits per heavy atom. The fourth-order valence-electron chi connectivity index (χ4n) is 3.49. The van der Waals surface area contributed by atoms with Gasteiger partial charge in [0.25, 0.3) is 5.91 Å². The highest BCUT2D eigenvalue weighted by atomic mass is 16.5. The highest BCUT2D eigenvalue weighted by Crippen LogP contribution is 2.22. The van der Waals surface area contributed by atoms with Crippen LogP contribution in [0, 0.1) is 5.92 Å². The molecule has 1 aliphatic rings. The molecule has 2 aromatic rings. The molecule has 1 saturated heterocycles. The van der Waals surface area contributed by atoms with Gasteiger partial charge in [-0.05, 0) is 42.7 Å². The number of hydrogen-bond acceptors (Lipinski definition) is 3. The summed E-state index contributed by atoms with van der Waals surface area (Å²) >= 11 is 0. The van der Waals surface area contributed by atoms with Crippen LogP contribution in [0.1, 0.15) is 28.8 Å². The Morgan fingerprint density at radius 1 is 1.04 bits per heavy atom. The Morgan fingerprint density at radius 3 is 2.26 bits per heavy atom. The fourth-order valence-corrected chi connectivity index (χ4v) is 3.49. The Balaban J connectivity index is 1.53.